The minimum Gasteiger partial charge on any atom is -0.382 e. The number of hydrogen-bond acceptors (Lipinski definition) is 2. The number of halogens is 2. The van der Waals surface area contributed by atoms with E-state index in [9.17, 15) is 0 Å². The van der Waals surface area contributed by atoms with Gasteiger partial charge in [-0.3, -0.25) is 0 Å². The second-order valence-corrected chi connectivity index (χ2v) is 12.3. The number of methoxy groups -OCH3 is 1. The maximum Gasteiger partial charge on any atom is 0.0701 e. The van der Waals surface area contributed by atoms with Crippen molar-refractivity contribution in [2.45, 2.75) is 58.9 Å². The molecule has 3 rings (SSSR count). The number of rotatable bonds is 6. The first kappa shape index (κ1) is 24.3. The Morgan fingerprint density at radius 1 is 0.733 bits per heavy atom. The first-order valence-corrected chi connectivity index (χ1v) is 12.6. The Labute approximate surface area is 208 Å². The van der Waals surface area contributed by atoms with Crippen LogP contribution in [-0.4, -0.2) is 31.5 Å². The quantitative estimate of drug-likeness (QED) is 0.211. The summed E-state index contributed by atoms with van der Waals surface area (Å²) in [5.74, 6) is 0. The van der Waals surface area contributed by atoms with Gasteiger partial charge in [0.2, 0.25) is 0 Å². The second-order valence-electron chi connectivity index (χ2n) is 9.97. The molecule has 0 fully saturated rings. The number of ether oxygens (including phenoxy) is 2. The van der Waals surface area contributed by atoms with Crippen LogP contribution in [0.4, 0.5) is 0 Å². The molecule has 0 N–H and O–H groups in total. The molecule has 0 aliphatic heterocycles. The smallest absolute Gasteiger partial charge is 0.0701 e. The molecule has 2 aromatic carbocycles. The molecule has 3 nitrogen and oxygen atoms in total. The van der Waals surface area contributed by atoms with E-state index in [-0.39, 0.29) is 10.8 Å². The van der Waals surface area contributed by atoms with Gasteiger partial charge < -0.3 is 14.0 Å². The zero-order valence-electron chi connectivity index (χ0n) is 19.2. The number of fused-ring (bicyclic) bond motifs is 3. The van der Waals surface area contributed by atoms with E-state index in [0.29, 0.717) is 19.8 Å². The molecule has 1 aromatic heterocycles. The van der Waals surface area contributed by atoms with Crippen LogP contribution in [-0.2, 0) is 26.8 Å². The lowest BCUT2D eigenvalue weighted by Crippen LogP contribution is -2.13. The molecule has 0 bridgehead atoms. The molecule has 0 atom stereocenters. The van der Waals surface area contributed by atoms with E-state index in [0.717, 1.165) is 6.54 Å². The fourth-order valence-corrected chi connectivity index (χ4v) is 5.59. The van der Waals surface area contributed by atoms with E-state index in [1.807, 2.05) is 0 Å². The molecule has 0 saturated carbocycles. The molecule has 0 unspecified atom stereocenters. The van der Waals surface area contributed by atoms with E-state index < -0.39 is 0 Å². The van der Waals surface area contributed by atoms with Gasteiger partial charge in [0.05, 0.1) is 30.9 Å². The lowest BCUT2D eigenvalue weighted by Gasteiger charge is -2.20. The van der Waals surface area contributed by atoms with E-state index >= 15 is 0 Å². The molecule has 1 heterocycles. The highest BCUT2D eigenvalue weighted by Gasteiger charge is 2.23. The Kier molecular flexibility index (Phi) is 7.47. The summed E-state index contributed by atoms with van der Waals surface area (Å²) in [5, 5.41) is 2.70. The summed E-state index contributed by atoms with van der Waals surface area (Å²) in [6, 6.07) is 9.51. The van der Waals surface area contributed by atoms with Crippen LogP contribution in [0.3, 0.4) is 0 Å². The third kappa shape index (κ3) is 4.99. The van der Waals surface area contributed by atoms with Gasteiger partial charge in [0.1, 0.15) is 0 Å². The summed E-state index contributed by atoms with van der Waals surface area (Å²) < 4.78 is 16.0. The lowest BCUT2D eigenvalue weighted by atomic mass is 9.85. The molecule has 5 heteroatoms. The molecular weight excluding hydrogens is 600 g/mol. The van der Waals surface area contributed by atoms with Gasteiger partial charge in [0, 0.05) is 31.6 Å². The zero-order valence-corrected chi connectivity index (χ0v) is 23.5. The van der Waals surface area contributed by atoms with E-state index in [1.165, 1.54) is 40.1 Å². The number of benzene rings is 2. The topological polar surface area (TPSA) is 23.4 Å². The third-order valence-electron chi connectivity index (χ3n) is 5.58. The van der Waals surface area contributed by atoms with E-state index in [2.05, 4.69) is 116 Å². The van der Waals surface area contributed by atoms with Crippen LogP contribution in [0.25, 0.3) is 21.8 Å². The number of nitrogens with zero attached hydrogens (tertiary/aromatic N) is 1. The first-order valence-electron chi connectivity index (χ1n) is 10.5. The van der Waals surface area contributed by atoms with Crippen molar-refractivity contribution in [1.82, 2.24) is 4.57 Å². The van der Waals surface area contributed by atoms with Crippen LogP contribution in [0.15, 0.2) is 24.3 Å². The largest absolute Gasteiger partial charge is 0.382 e. The summed E-state index contributed by atoms with van der Waals surface area (Å²) >= 11 is 5.02. The summed E-state index contributed by atoms with van der Waals surface area (Å²) in [6.07, 6.45) is 0. The Balaban J connectivity index is 2.26. The highest BCUT2D eigenvalue weighted by molar-refractivity contribution is 14.1. The summed E-state index contributed by atoms with van der Waals surface area (Å²) in [4.78, 5) is 0. The van der Waals surface area contributed by atoms with Crippen molar-refractivity contribution in [3.05, 3.63) is 42.5 Å². The number of aromatic nitrogens is 1. The van der Waals surface area contributed by atoms with Crippen LogP contribution in [0, 0.1) is 7.14 Å². The maximum atomic E-state index is 5.83. The van der Waals surface area contributed by atoms with Crippen LogP contribution in [0.2, 0.25) is 0 Å². The van der Waals surface area contributed by atoms with Gasteiger partial charge >= 0.3 is 0 Å². The standard InChI is InChI=1S/C25H33I2NO2/c1-24(2,3)16-12-18-19-13-17(25(4,5)6)15-21(27)23(19)28(22(18)20(26)14-16)8-9-30-11-10-29-7/h12-15H,8-11H2,1-7H3. The normalized spacial score (nSPS) is 13.0. The van der Waals surface area contributed by atoms with Crippen LogP contribution < -0.4 is 0 Å². The van der Waals surface area contributed by atoms with E-state index in [4.69, 9.17) is 9.47 Å². The highest BCUT2D eigenvalue weighted by atomic mass is 127. The minimum atomic E-state index is 0.112. The number of hydrogen-bond donors (Lipinski definition) is 0. The van der Waals surface area contributed by atoms with Gasteiger partial charge in [0.15, 0.2) is 0 Å². The lowest BCUT2D eigenvalue weighted by molar-refractivity contribution is 0.0673. The fourth-order valence-electron chi connectivity index (χ4n) is 3.76. The van der Waals surface area contributed by atoms with Gasteiger partial charge in [0.25, 0.3) is 0 Å². The predicted octanol–water partition coefficient (Wildman–Crippen LogP) is 7.26. The van der Waals surface area contributed by atoms with E-state index in [1.54, 1.807) is 7.11 Å². The summed E-state index contributed by atoms with van der Waals surface area (Å²) in [5.41, 5.74) is 5.62. The zero-order chi connectivity index (χ0) is 22.3. The summed E-state index contributed by atoms with van der Waals surface area (Å²) in [7, 11) is 1.71. The van der Waals surface area contributed by atoms with Gasteiger partial charge in [-0.05, 0) is 91.4 Å². The molecule has 0 aliphatic rings. The predicted molar refractivity (Wildman–Crippen MR) is 145 cm³/mol. The van der Waals surface area contributed by atoms with Crippen molar-refractivity contribution >= 4 is 67.0 Å². The Morgan fingerprint density at radius 2 is 1.20 bits per heavy atom. The monoisotopic (exact) mass is 633 g/mol. The van der Waals surface area contributed by atoms with Crippen LogP contribution >= 0.6 is 45.2 Å². The minimum absolute atomic E-state index is 0.112. The molecule has 3 aromatic rings. The van der Waals surface area contributed by atoms with Crippen molar-refractivity contribution < 1.29 is 9.47 Å². The summed E-state index contributed by atoms with van der Waals surface area (Å²) in [6.45, 7) is 16.5. The van der Waals surface area contributed by atoms with Crippen molar-refractivity contribution in [2.75, 3.05) is 26.9 Å². The fraction of sp³-hybridized carbons (Fsp3) is 0.520. The third-order valence-corrected chi connectivity index (χ3v) is 7.22. The second kappa shape index (κ2) is 9.24. The van der Waals surface area contributed by atoms with Gasteiger partial charge in [-0.1, -0.05) is 41.5 Å². The molecule has 30 heavy (non-hydrogen) atoms. The van der Waals surface area contributed by atoms with Gasteiger partial charge in [-0.25, -0.2) is 0 Å². The molecule has 0 aliphatic carbocycles. The van der Waals surface area contributed by atoms with Crippen LogP contribution in [0.1, 0.15) is 52.7 Å². The molecule has 0 amide bonds. The Hall–Kier alpha value is -0.380. The molecule has 0 saturated heterocycles. The molecular formula is C25H33I2NO2. The Morgan fingerprint density at radius 3 is 1.60 bits per heavy atom. The average molecular weight is 633 g/mol. The van der Waals surface area contributed by atoms with Crippen molar-refractivity contribution in [3.8, 4) is 0 Å². The van der Waals surface area contributed by atoms with Gasteiger partial charge in [-0.2, -0.15) is 0 Å². The molecule has 164 valence electrons. The maximum absolute atomic E-state index is 5.83. The Bertz CT molecular complexity index is 978. The van der Waals surface area contributed by atoms with Crippen molar-refractivity contribution in [1.29, 1.82) is 0 Å². The van der Waals surface area contributed by atoms with Crippen molar-refractivity contribution in [2.24, 2.45) is 0 Å². The van der Waals surface area contributed by atoms with Crippen molar-refractivity contribution in [3.63, 3.8) is 0 Å². The first-order chi connectivity index (χ1) is 13.9. The average Bonchev–Trinajstić information content (AvgIpc) is 2.95. The molecule has 0 radical (unpaired) electrons. The highest BCUT2D eigenvalue weighted by Crippen LogP contribution is 2.40. The van der Waals surface area contributed by atoms with Crippen LogP contribution in [0.5, 0.6) is 0 Å². The van der Waals surface area contributed by atoms with Gasteiger partial charge in [-0.15, -0.1) is 0 Å². The SMILES string of the molecule is COCCOCCn1c2c(I)cc(C(C)(C)C)cc2c2cc(C(C)(C)C)cc(I)c21. The molecule has 0 spiro atoms.